The first kappa shape index (κ1) is 15.7. The van der Waals surface area contributed by atoms with Crippen LogP contribution < -0.4 is 15.6 Å². The van der Waals surface area contributed by atoms with Gasteiger partial charge in [-0.3, -0.25) is 9.59 Å². The highest BCUT2D eigenvalue weighted by molar-refractivity contribution is 6.04. The molecule has 122 valence electrons. The molecule has 0 radical (unpaired) electrons. The second-order valence-corrected chi connectivity index (χ2v) is 5.26. The normalized spacial score (nSPS) is 10.5. The summed E-state index contributed by atoms with van der Waals surface area (Å²) in [5, 5.41) is 10.1. The van der Waals surface area contributed by atoms with Crippen LogP contribution in [-0.2, 0) is 6.42 Å². The van der Waals surface area contributed by atoms with E-state index >= 15 is 0 Å². The Bertz CT molecular complexity index is 934. The summed E-state index contributed by atoms with van der Waals surface area (Å²) in [5.74, 6) is 0.469. The summed E-state index contributed by atoms with van der Waals surface area (Å²) in [7, 11) is 1.62. The molecule has 0 aliphatic heterocycles. The zero-order valence-electron chi connectivity index (χ0n) is 13.2. The fraction of sp³-hybridized carbons (Fsp3) is 0.167. The molecule has 2 aromatic carbocycles. The molecule has 0 bridgehead atoms. The predicted octanol–water partition coefficient (Wildman–Crippen LogP) is 1.90. The largest absolute Gasteiger partial charge is 0.496 e. The van der Waals surface area contributed by atoms with Crippen LogP contribution in [0.5, 0.6) is 5.75 Å². The molecule has 6 heteroatoms. The second-order valence-electron chi connectivity index (χ2n) is 5.26. The van der Waals surface area contributed by atoms with E-state index in [1.54, 1.807) is 31.4 Å². The first-order chi connectivity index (χ1) is 11.7. The fourth-order valence-electron chi connectivity index (χ4n) is 2.59. The standard InChI is InChI=1S/C18H17N3O3/c1-24-15-9-5-2-6-12(15)10-11-19-18(23)16-13-7-3-4-8-14(13)17(22)21-20-16/h2-9H,10-11H2,1H3,(H,19,23)(H,21,22). The first-order valence-electron chi connectivity index (χ1n) is 7.58. The van der Waals surface area contributed by atoms with Gasteiger partial charge in [0.25, 0.3) is 11.5 Å². The number of carbonyl (C=O) groups is 1. The highest BCUT2D eigenvalue weighted by atomic mass is 16.5. The van der Waals surface area contributed by atoms with Crippen molar-refractivity contribution in [3.8, 4) is 5.75 Å². The van der Waals surface area contributed by atoms with E-state index in [4.69, 9.17) is 4.74 Å². The number of aromatic nitrogens is 2. The molecule has 1 amide bonds. The lowest BCUT2D eigenvalue weighted by atomic mass is 10.1. The number of nitrogens with zero attached hydrogens (tertiary/aromatic N) is 1. The van der Waals surface area contributed by atoms with Gasteiger partial charge in [-0.1, -0.05) is 36.4 Å². The molecule has 0 unspecified atom stereocenters. The Labute approximate surface area is 138 Å². The van der Waals surface area contributed by atoms with Crippen molar-refractivity contribution in [2.24, 2.45) is 0 Å². The van der Waals surface area contributed by atoms with Crippen molar-refractivity contribution in [1.29, 1.82) is 0 Å². The van der Waals surface area contributed by atoms with Gasteiger partial charge >= 0.3 is 0 Å². The van der Waals surface area contributed by atoms with Gasteiger partial charge in [-0.05, 0) is 24.1 Å². The Hall–Kier alpha value is -3.15. The number of ether oxygens (including phenoxy) is 1. The van der Waals surface area contributed by atoms with Crippen molar-refractivity contribution in [3.05, 3.63) is 70.1 Å². The Kier molecular flexibility index (Phi) is 4.56. The molecule has 0 spiro atoms. The van der Waals surface area contributed by atoms with Crippen LogP contribution >= 0.6 is 0 Å². The fourth-order valence-corrected chi connectivity index (χ4v) is 2.59. The molecule has 3 rings (SSSR count). The van der Waals surface area contributed by atoms with Gasteiger partial charge in [-0.2, -0.15) is 5.10 Å². The number of nitrogens with one attached hydrogen (secondary N) is 2. The number of rotatable bonds is 5. The van der Waals surface area contributed by atoms with E-state index < -0.39 is 0 Å². The third-order valence-electron chi connectivity index (χ3n) is 3.78. The molecule has 1 aromatic heterocycles. The smallest absolute Gasteiger partial charge is 0.272 e. The van der Waals surface area contributed by atoms with Crippen molar-refractivity contribution in [3.63, 3.8) is 0 Å². The quantitative estimate of drug-likeness (QED) is 0.751. The van der Waals surface area contributed by atoms with Crippen molar-refractivity contribution in [1.82, 2.24) is 15.5 Å². The number of methoxy groups -OCH3 is 1. The average molecular weight is 323 g/mol. The minimum absolute atomic E-state index is 0.213. The molecule has 1 heterocycles. The van der Waals surface area contributed by atoms with Crippen LogP contribution in [0.15, 0.2) is 53.3 Å². The number of hydrogen-bond acceptors (Lipinski definition) is 4. The van der Waals surface area contributed by atoms with Crippen molar-refractivity contribution in [2.75, 3.05) is 13.7 Å². The SMILES string of the molecule is COc1ccccc1CCNC(=O)c1n[nH]c(=O)c2ccccc12. The number of H-pyrrole nitrogens is 1. The number of benzene rings is 2. The summed E-state index contributed by atoms with van der Waals surface area (Å²) in [6.07, 6.45) is 0.636. The Morgan fingerprint density at radius 1 is 1.12 bits per heavy atom. The zero-order chi connectivity index (χ0) is 16.9. The number of fused-ring (bicyclic) bond motifs is 1. The van der Waals surface area contributed by atoms with Gasteiger partial charge in [0.1, 0.15) is 5.75 Å². The predicted molar refractivity (Wildman–Crippen MR) is 91.4 cm³/mol. The molecule has 0 fully saturated rings. The van der Waals surface area contributed by atoms with Crippen LogP contribution in [0.25, 0.3) is 10.8 Å². The molecule has 0 saturated carbocycles. The lowest BCUT2D eigenvalue weighted by Gasteiger charge is -2.09. The van der Waals surface area contributed by atoms with Crippen LogP contribution in [0, 0.1) is 0 Å². The van der Waals surface area contributed by atoms with E-state index in [2.05, 4.69) is 15.5 Å². The highest BCUT2D eigenvalue weighted by Gasteiger charge is 2.13. The molecule has 6 nitrogen and oxygen atoms in total. The van der Waals surface area contributed by atoms with Gasteiger partial charge in [-0.15, -0.1) is 0 Å². The summed E-state index contributed by atoms with van der Waals surface area (Å²) in [4.78, 5) is 24.1. The number of hydrogen-bond donors (Lipinski definition) is 2. The van der Waals surface area contributed by atoms with Gasteiger partial charge < -0.3 is 10.1 Å². The third-order valence-corrected chi connectivity index (χ3v) is 3.78. The minimum Gasteiger partial charge on any atom is -0.496 e. The van der Waals surface area contributed by atoms with Crippen LogP contribution in [0.1, 0.15) is 16.1 Å². The van der Waals surface area contributed by atoms with Crippen LogP contribution in [0.4, 0.5) is 0 Å². The summed E-state index contributed by atoms with van der Waals surface area (Å²) in [6.45, 7) is 0.439. The molecule has 2 N–H and O–H groups in total. The lowest BCUT2D eigenvalue weighted by Crippen LogP contribution is -2.28. The molecule has 3 aromatic rings. The van der Waals surface area contributed by atoms with Crippen LogP contribution in [0.3, 0.4) is 0 Å². The molecule has 24 heavy (non-hydrogen) atoms. The van der Waals surface area contributed by atoms with Gasteiger partial charge in [0.2, 0.25) is 0 Å². The van der Waals surface area contributed by atoms with Gasteiger partial charge in [0.05, 0.1) is 12.5 Å². The van der Waals surface area contributed by atoms with E-state index in [9.17, 15) is 9.59 Å². The number of carbonyl (C=O) groups excluding carboxylic acids is 1. The van der Waals surface area contributed by atoms with Gasteiger partial charge in [-0.25, -0.2) is 5.10 Å². The molecular formula is C18H17N3O3. The van der Waals surface area contributed by atoms with E-state index in [0.717, 1.165) is 11.3 Å². The van der Waals surface area contributed by atoms with E-state index in [0.29, 0.717) is 23.7 Å². The maximum Gasteiger partial charge on any atom is 0.272 e. The van der Waals surface area contributed by atoms with E-state index in [1.807, 2.05) is 24.3 Å². The molecule has 0 aliphatic carbocycles. The van der Waals surface area contributed by atoms with Crippen molar-refractivity contribution >= 4 is 16.7 Å². The monoisotopic (exact) mass is 323 g/mol. The average Bonchev–Trinajstić information content (AvgIpc) is 2.62. The van der Waals surface area contributed by atoms with Gasteiger partial charge in [0.15, 0.2) is 5.69 Å². The molecular weight excluding hydrogens is 306 g/mol. The zero-order valence-corrected chi connectivity index (χ0v) is 13.2. The Morgan fingerprint density at radius 3 is 2.62 bits per heavy atom. The third kappa shape index (κ3) is 3.12. The second kappa shape index (κ2) is 6.95. The highest BCUT2D eigenvalue weighted by Crippen LogP contribution is 2.17. The number of para-hydroxylation sites is 1. The van der Waals surface area contributed by atoms with Crippen molar-refractivity contribution < 1.29 is 9.53 Å². The van der Waals surface area contributed by atoms with E-state index in [-0.39, 0.29) is 17.2 Å². The molecule has 0 aliphatic rings. The van der Waals surface area contributed by atoms with Crippen molar-refractivity contribution in [2.45, 2.75) is 6.42 Å². The Morgan fingerprint density at radius 2 is 1.83 bits per heavy atom. The minimum atomic E-state index is -0.322. The summed E-state index contributed by atoms with van der Waals surface area (Å²) < 4.78 is 5.29. The summed E-state index contributed by atoms with van der Waals surface area (Å²) in [5.41, 5.74) is 0.918. The first-order valence-corrected chi connectivity index (χ1v) is 7.58. The Balaban J connectivity index is 1.74. The molecule has 0 atom stereocenters. The van der Waals surface area contributed by atoms with Crippen LogP contribution in [-0.4, -0.2) is 29.8 Å². The molecule has 0 saturated heterocycles. The summed E-state index contributed by atoms with van der Waals surface area (Å²) >= 11 is 0. The number of amides is 1. The summed E-state index contributed by atoms with van der Waals surface area (Å²) in [6, 6.07) is 14.6. The maximum absolute atomic E-state index is 12.4. The number of aromatic amines is 1. The van der Waals surface area contributed by atoms with Gasteiger partial charge in [0, 0.05) is 11.9 Å². The van der Waals surface area contributed by atoms with E-state index in [1.165, 1.54) is 0 Å². The topological polar surface area (TPSA) is 84.1 Å². The lowest BCUT2D eigenvalue weighted by molar-refractivity contribution is 0.0950. The maximum atomic E-state index is 12.4. The van der Waals surface area contributed by atoms with Crippen LogP contribution in [0.2, 0.25) is 0 Å².